The van der Waals surface area contributed by atoms with E-state index in [1.807, 2.05) is 0 Å². The van der Waals surface area contributed by atoms with E-state index < -0.39 is 8.24 Å². The number of nitrogens with zero attached hydrogens (tertiary/aromatic N) is 2. The van der Waals surface area contributed by atoms with Gasteiger partial charge in [-0.25, -0.2) is 0 Å². The summed E-state index contributed by atoms with van der Waals surface area (Å²) in [5.74, 6) is 0. The first-order valence-corrected chi connectivity index (χ1v) is 12.6. The zero-order chi connectivity index (χ0) is 19.1. The van der Waals surface area contributed by atoms with E-state index in [9.17, 15) is 0 Å². The Bertz CT molecular complexity index is 725. The highest BCUT2D eigenvalue weighted by atomic mass is 28.3. The Kier molecular flexibility index (Phi) is 5.55. The van der Waals surface area contributed by atoms with Crippen molar-refractivity contribution in [3.8, 4) is 0 Å². The molecule has 2 heterocycles. The number of anilines is 1. The molecule has 1 aliphatic rings. The van der Waals surface area contributed by atoms with Crippen molar-refractivity contribution in [1.82, 2.24) is 9.55 Å². The maximum atomic E-state index is 3.55. The summed E-state index contributed by atoms with van der Waals surface area (Å²) in [5.41, 5.74) is 4.95. The fraction of sp³-hybridized carbons (Fsp3) is 0.636. The quantitative estimate of drug-likeness (QED) is 0.704. The molecule has 0 amide bonds. The van der Waals surface area contributed by atoms with Crippen molar-refractivity contribution in [2.24, 2.45) is 0 Å². The van der Waals surface area contributed by atoms with E-state index in [-0.39, 0.29) is 0 Å². The molecule has 1 aromatic carbocycles. The second-order valence-electron chi connectivity index (χ2n) is 9.08. The van der Waals surface area contributed by atoms with Gasteiger partial charge in [-0.3, -0.25) is 0 Å². The summed E-state index contributed by atoms with van der Waals surface area (Å²) in [4.78, 5) is 2.54. The number of hydrogen-bond acceptors (Lipinski definition) is 2. The lowest BCUT2D eigenvalue weighted by molar-refractivity contribution is 0.485. The maximum Gasteiger partial charge on any atom is 0.169 e. The summed E-state index contributed by atoms with van der Waals surface area (Å²) < 4.78 is 2.73. The predicted molar refractivity (Wildman–Crippen MR) is 118 cm³/mol. The normalized spacial score (nSPS) is 19.3. The molecule has 1 saturated heterocycles. The van der Waals surface area contributed by atoms with Gasteiger partial charge >= 0.3 is 0 Å². The number of benzene rings is 1. The van der Waals surface area contributed by atoms with Crippen molar-refractivity contribution < 1.29 is 0 Å². The average Bonchev–Trinajstić information content (AvgIpc) is 2.98. The highest BCUT2D eigenvalue weighted by Crippen LogP contribution is 2.44. The minimum atomic E-state index is -1.72. The van der Waals surface area contributed by atoms with E-state index in [1.165, 1.54) is 16.6 Å². The van der Waals surface area contributed by atoms with Crippen molar-refractivity contribution in [3.63, 3.8) is 0 Å². The summed E-state index contributed by atoms with van der Waals surface area (Å²) in [6, 6.07) is 9.99. The predicted octanol–water partition coefficient (Wildman–Crippen LogP) is 5.46. The molecule has 0 bridgehead atoms. The number of aromatic nitrogens is 1. The van der Waals surface area contributed by atoms with Crippen LogP contribution in [0, 0.1) is 0 Å². The second kappa shape index (κ2) is 7.39. The van der Waals surface area contributed by atoms with Crippen LogP contribution in [0.3, 0.4) is 0 Å². The van der Waals surface area contributed by atoms with Gasteiger partial charge in [0.15, 0.2) is 8.24 Å². The molecule has 4 heteroatoms. The van der Waals surface area contributed by atoms with Gasteiger partial charge in [-0.2, -0.15) is 0 Å². The third kappa shape index (κ3) is 3.11. The summed E-state index contributed by atoms with van der Waals surface area (Å²) >= 11 is 0. The molecule has 0 radical (unpaired) electrons. The molecule has 3 nitrogen and oxygen atoms in total. The van der Waals surface area contributed by atoms with Crippen LogP contribution in [0.1, 0.15) is 48.5 Å². The zero-order valence-electron chi connectivity index (χ0n) is 17.7. The molecule has 144 valence electrons. The van der Waals surface area contributed by atoms with Crippen LogP contribution < -0.4 is 10.2 Å². The molecule has 1 atom stereocenters. The Labute approximate surface area is 160 Å². The monoisotopic (exact) mass is 371 g/mol. The third-order valence-electron chi connectivity index (χ3n) is 6.60. The van der Waals surface area contributed by atoms with E-state index >= 15 is 0 Å². The molecule has 1 N–H and O–H groups in total. The van der Waals surface area contributed by atoms with Crippen LogP contribution in [0.5, 0.6) is 0 Å². The van der Waals surface area contributed by atoms with Gasteiger partial charge in [0.2, 0.25) is 0 Å². The van der Waals surface area contributed by atoms with E-state index in [0.717, 1.165) is 19.6 Å². The van der Waals surface area contributed by atoms with Crippen LogP contribution in [0.2, 0.25) is 16.6 Å². The molecule has 1 fully saturated rings. The molecule has 26 heavy (non-hydrogen) atoms. The van der Waals surface area contributed by atoms with Crippen LogP contribution in [-0.2, 0) is 0 Å². The van der Waals surface area contributed by atoms with Gasteiger partial charge < -0.3 is 14.4 Å². The van der Waals surface area contributed by atoms with E-state index in [0.29, 0.717) is 22.7 Å². The Morgan fingerprint density at radius 1 is 1.00 bits per heavy atom. The number of piperazine rings is 1. The van der Waals surface area contributed by atoms with Crippen molar-refractivity contribution >= 4 is 24.8 Å². The minimum Gasteiger partial charge on any atom is -0.373 e. The largest absolute Gasteiger partial charge is 0.373 e. The smallest absolute Gasteiger partial charge is 0.169 e. The van der Waals surface area contributed by atoms with Gasteiger partial charge in [-0.1, -0.05) is 47.6 Å². The van der Waals surface area contributed by atoms with Crippen LogP contribution in [0.15, 0.2) is 30.5 Å². The first kappa shape index (κ1) is 19.5. The number of fused-ring (bicyclic) bond motifs is 1. The van der Waals surface area contributed by atoms with Gasteiger partial charge in [0.1, 0.15) is 0 Å². The van der Waals surface area contributed by atoms with E-state index in [2.05, 4.69) is 93.4 Å². The number of nitrogens with one attached hydrogen (secondary N) is 1. The lowest BCUT2D eigenvalue weighted by atomic mass is 10.1. The minimum absolute atomic E-state index is 0.557. The highest BCUT2D eigenvalue weighted by molar-refractivity contribution is 6.82. The Morgan fingerprint density at radius 3 is 2.23 bits per heavy atom. The van der Waals surface area contributed by atoms with Crippen LogP contribution in [0.25, 0.3) is 10.9 Å². The molecular formula is C22H37N3Si. The molecule has 1 aliphatic heterocycles. The number of hydrogen-bond donors (Lipinski definition) is 1. The van der Waals surface area contributed by atoms with Gasteiger partial charge in [-0.05, 0) is 53.3 Å². The number of rotatable bonds is 5. The molecular weight excluding hydrogens is 334 g/mol. The van der Waals surface area contributed by atoms with Crippen LogP contribution in [0.4, 0.5) is 5.69 Å². The molecule has 0 saturated carbocycles. The Morgan fingerprint density at radius 2 is 1.65 bits per heavy atom. The topological polar surface area (TPSA) is 20.2 Å². The molecule has 1 unspecified atom stereocenters. The molecule has 3 rings (SSSR count). The molecule has 0 aliphatic carbocycles. The fourth-order valence-electron chi connectivity index (χ4n) is 5.65. The van der Waals surface area contributed by atoms with Gasteiger partial charge in [-0.15, -0.1) is 0 Å². The summed E-state index contributed by atoms with van der Waals surface area (Å²) in [6.45, 7) is 20.2. The molecule has 0 spiro atoms. The maximum absolute atomic E-state index is 3.55. The van der Waals surface area contributed by atoms with Gasteiger partial charge in [0.05, 0.1) is 0 Å². The lowest BCUT2D eigenvalue weighted by Gasteiger charge is -2.44. The Balaban J connectivity index is 2.13. The first-order valence-electron chi connectivity index (χ1n) is 10.4. The van der Waals surface area contributed by atoms with Gasteiger partial charge in [0.25, 0.3) is 0 Å². The average molecular weight is 372 g/mol. The lowest BCUT2D eigenvalue weighted by Crippen LogP contribution is -2.51. The van der Waals surface area contributed by atoms with E-state index in [1.54, 1.807) is 0 Å². The van der Waals surface area contributed by atoms with E-state index in [4.69, 9.17) is 0 Å². The van der Waals surface area contributed by atoms with Crippen molar-refractivity contribution in [1.29, 1.82) is 0 Å². The zero-order valence-corrected chi connectivity index (χ0v) is 18.7. The third-order valence-corrected chi connectivity index (χ3v) is 13.4. The Hall–Kier alpha value is -1.26. The first-order chi connectivity index (χ1) is 12.3. The van der Waals surface area contributed by atoms with Crippen molar-refractivity contribution in [2.75, 3.05) is 24.5 Å². The SMILES string of the molecule is CC1CN(c2ccc3ccn([Si](C(C)C)(C(C)C)C(C)C)c3c2)CCN1. The highest BCUT2D eigenvalue weighted by Gasteiger charge is 2.45. The van der Waals surface area contributed by atoms with Crippen LogP contribution >= 0.6 is 0 Å². The molecule has 2 aromatic rings. The van der Waals surface area contributed by atoms with Crippen molar-refractivity contribution in [3.05, 3.63) is 30.5 Å². The summed E-state index contributed by atoms with van der Waals surface area (Å²) in [6.07, 6.45) is 2.39. The van der Waals surface area contributed by atoms with Gasteiger partial charge in [0, 0.05) is 36.9 Å². The molecule has 1 aromatic heterocycles. The summed E-state index contributed by atoms with van der Waals surface area (Å²) in [7, 11) is -1.72. The summed E-state index contributed by atoms with van der Waals surface area (Å²) in [5, 5.41) is 4.94. The van der Waals surface area contributed by atoms with Crippen molar-refractivity contribution in [2.45, 2.75) is 71.1 Å². The van der Waals surface area contributed by atoms with Crippen LogP contribution in [-0.4, -0.2) is 38.1 Å². The standard InChI is InChI=1S/C22H37N3Si/c1-16(2)26(17(3)4,18(5)6)25-12-10-20-8-9-21(14-22(20)25)24-13-11-23-19(7)15-24/h8-10,12,14,16-19,23H,11,13,15H2,1-7H3. The second-order valence-corrected chi connectivity index (χ2v) is 14.8. The fourth-order valence-corrected chi connectivity index (χ4v) is 12.3.